The van der Waals surface area contributed by atoms with Crippen LogP contribution in [0.5, 0.6) is 0 Å². The standard InChI is InChI=1S/C25H31N3O4S/c1-27(21-12-6-3-7-13-21)33(31,32)23-15-9-8-14-22(23)26-25(30)20-16-24(29)28(18-20)17-19-10-4-2-5-11-19/h2,4-5,8-11,14-15,20-21H,3,6-7,12-13,16-18H2,1H3,(H,26,30). The van der Waals surface area contributed by atoms with E-state index in [1.807, 2.05) is 30.3 Å². The lowest BCUT2D eigenvalue weighted by Crippen LogP contribution is -2.38. The van der Waals surface area contributed by atoms with Gasteiger partial charge in [0.05, 0.1) is 11.6 Å². The Morgan fingerprint density at radius 1 is 1.03 bits per heavy atom. The number of nitrogens with zero attached hydrogens (tertiary/aromatic N) is 2. The molecule has 2 aromatic carbocycles. The molecule has 1 unspecified atom stereocenters. The van der Waals surface area contributed by atoms with E-state index in [1.54, 1.807) is 30.1 Å². The zero-order valence-electron chi connectivity index (χ0n) is 18.9. The highest BCUT2D eigenvalue weighted by Crippen LogP contribution is 2.30. The second kappa shape index (κ2) is 10.1. The van der Waals surface area contributed by atoms with Crippen LogP contribution in [0.25, 0.3) is 0 Å². The van der Waals surface area contributed by atoms with Crippen molar-refractivity contribution in [2.75, 3.05) is 18.9 Å². The first-order chi connectivity index (χ1) is 15.9. The van der Waals surface area contributed by atoms with Gasteiger partial charge in [0.1, 0.15) is 4.90 Å². The Hall–Kier alpha value is -2.71. The first-order valence-corrected chi connectivity index (χ1v) is 13.0. The Labute approximate surface area is 195 Å². The monoisotopic (exact) mass is 469 g/mol. The van der Waals surface area contributed by atoms with Crippen molar-refractivity contribution < 1.29 is 18.0 Å². The molecule has 7 nitrogen and oxygen atoms in total. The highest BCUT2D eigenvalue weighted by Gasteiger charge is 2.36. The van der Waals surface area contributed by atoms with Crippen LogP contribution in [0.15, 0.2) is 59.5 Å². The summed E-state index contributed by atoms with van der Waals surface area (Å²) in [6.07, 6.45) is 5.02. The van der Waals surface area contributed by atoms with Crippen molar-refractivity contribution in [1.82, 2.24) is 9.21 Å². The molecule has 2 aromatic rings. The SMILES string of the molecule is CN(C1CCCCC1)S(=O)(=O)c1ccccc1NC(=O)C1CC(=O)N(Cc2ccccc2)C1. The third kappa shape index (κ3) is 5.28. The van der Waals surface area contributed by atoms with Gasteiger partial charge >= 0.3 is 0 Å². The number of sulfonamides is 1. The zero-order valence-corrected chi connectivity index (χ0v) is 19.8. The molecule has 1 aliphatic heterocycles. The summed E-state index contributed by atoms with van der Waals surface area (Å²) in [5, 5.41) is 2.80. The van der Waals surface area contributed by atoms with E-state index < -0.39 is 15.9 Å². The molecule has 1 saturated heterocycles. The van der Waals surface area contributed by atoms with Gasteiger partial charge in [-0.05, 0) is 30.5 Å². The van der Waals surface area contributed by atoms with Crippen LogP contribution in [0, 0.1) is 5.92 Å². The van der Waals surface area contributed by atoms with Crippen LogP contribution in [0.1, 0.15) is 44.1 Å². The van der Waals surface area contributed by atoms with Crippen LogP contribution in [0.2, 0.25) is 0 Å². The van der Waals surface area contributed by atoms with Gasteiger partial charge in [-0.3, -0.25) is 9.59 Å². The van der Waals surface area contributed by atoms with Gasteiger partial charge in [-0.15, -0.1) is 0 Å². The molecule has 1 aliphatic carbocycles. The highest BCUT2D eigenvalue weighted by atomic mass is 32.2. The lowest BCUT2D eigenvalue weighted by atomic mass is 9.96. The van der Waals surface area contributed by atoms with Crippen LogP contribution < -0.4 is 5.32 Å². The molecular weight excluding hydrogens is 438 g/mol. The Morgan fingerprint density at radius 3 is 2.42 bits per heavy atom. The van der Waals surface area contributed by atoms with E-state index in [9.17, 15) is 18.0 Å². The van der Waals surface area contributed by atoms with Crippen molar-refractivity contribution in [2.45, 2.75) is 56.0 Å². The van der Waals surface area contributed by atoms with Gasteiger partial charge in [0, 0.05) is 32.6 Å². The molecule has 1 N–H and O–H groups in total. The van der Waals surface area contributed by atoms with Gasteiger partial charge in [-0.1, -0.05) is 61.7 Å². The van der Waals surface area contributed by atoms with Crippen LogP contribution in [0.4, 0.5) is 5.69 Å². The highest BCUT2D eigenvalue weighted by molar-refractivity contribution is 7.89. The minimum Gasteiger partial charge on any atom is -0.338 e. The third-order valence-corrected chi connectivity index (χ3v) is 8.66. The summed E-state index contributed by atoms with van der Waals surface area (Å²) in [6, 6.07) is 16.1. The van der Waals surface area contributed by atoms with Gasteiger partial charge in [-0.2, -0.15) is 4.31 Å². The van der Waals surface area contributed by atoms with Gasteiger partial charge in [0.15, 0.2) is 0 Å². The molecule has 0 radical (unpaired) electrons. The van der Waals surface area contributed by atoms with E-state index >= 15 is 0 Å². The summed E-state index contributed by atoms with van der Waals surface area (Å²) in [5.41, 5.74) is 1.27. The lowest BCUT2D eigenvalue weighted by Gasteiger charge is -2.31. The first kappa shape index (κ1) is 23.4. The van der Waals surface area contributed by atoms with Crippen molar-refractivity contribution in [1.29, 1.82) is 0 Å². The Bertz CT molecular complexity index is 1100. The topological polar surface area (TPSA) is 86.8 Å². The first-order valence-electron chi connectivity index (χ1n) is 11.6. The number of hydrogen-bond acceptors (Lipinski definition) is 4. The van der Waals surface area contributed by atoms with E-state index in [-0.39, 0.29) is 34.9 Å². The molecule has 2 amide bonds. The van der Waals surface area contributed by atoms with Gasteiger partial charge in [-0.25, -0.2) is 8.42 Å². The minimum atomic E-state index is -3.76. The third-order valence-electron chi connectivity index (χ3n) is 6.69. The van der Waals surface area contributed by atoms with Crippen molar-refractivity contribution in [2.24, 2.45) is 5.92 Å². The van der Waals surface area contributed by atoms with Crippen LogP contribution in [-0.4, -0.2) is 49.1 Å². The predicted octanol–water partition coefficient (Wildman–Crippen LogP) is 3.63. The number of rotatable bonds is 7. The second-order valence-electron chi connectivity index (χ2n) is 8.96. The normalized spacial score (nSPS) is 19.8. The molecule has 0 bridgehead atoms. The average Bonchev–Trinajstić information content (AvgIpc) is 3.20. The summed E-state index contributed by atoms with van der Waals surface area (Å²) < 4.78 is 28.2. The van der Waals surface area contributed by atoms with E-state index in [0.717, 1.165) is 37.7 Å². The molecule has 0 aromatic heterocycles. The van der Waals surface area contributed by atoms with E-state index in [2.05, 4.69) is 5.32 Å². The van der Waals surface area contributed by atoms with Crippen LogP contribution in [-0.2, 0) is 26.2 Å². The molecule has 8 heteroatoms. The largest absolute Gasteiger partial charge is 0.338 e. The minimum absolute atomic E-state index is 0.0218. The van der Waals surface area contributed by atoms with Crippen LogP contribution in [0.3, 0.4) is 0 Å². The molecular formula is C25H31N3O4S. The maximum atomic E-state index is 13.4. The fourth-order valence-corrected chi connectivity index (χ4v) is 6.29. The predicted molar refractivity (Wildman–Crippen MR) is 127 cm³/mol. The summed E-state index contributed by atoms with van der Waals surface area (Å²) >= 11 is 0. The van der Waals surface area contributed by atoms with Gasteiger partial charge in [0.2, 0.25) is 21.8 Å². The quantitative estimate of drug-likeness (QED) is 0.671. The second-order valence-corrected chi connectivity index (χ2v) is 10.9. The fourth-order valence-electron chi connectivity index (χ4n) is 4.73. The number of hydrogen-bond donors (Lipinski definition) is 1. The fraction of sp³-hybridized carbons (Fsp3) is 0.440. The van der Waals surface area contributed by atoms with Crippen molar-refractivity contribution in [3.63, 3.8) is 0 Å². The molecule has 2 aliphatic rings. The van der Waals surface area contributed by atoms with Crippen molar-refractivity contribution >= 4 is 27.5 Å². The summed E-state index contributed by atoms with van der Waals surface area (Å²) in [6.45, 7) is 0.775. The molecule has 2 fully saturated rings. The maximum Gasteiger partial charge on any atom is 0.245 e. The molecule has 33 heavy (non-hydrogen) atoms. The molecule has 4 rings (SSSR count). The van der Waals surface area contributed by atoms with E-state index in [1.165, 1.54) is 10.4 Å². The van der Waals surface area contributed by atoms with E-state index in [4.69, 9.17) is 0 Å². The Morgan fingerprint density at radius 2 is 1.70 bits per heavy atom. The smallest absolute Gasteiger partial charge is 0.245 e. The molecule has 1 saturated carbocycles. The summed E-state index contributed by atoms with van der Waals surface area (Å²) in [5.74, 6) is -0.924. The molecule has 0 spiro atoms. The Kier molecular flexibility index (Phi) is 7.14. The molecule has 1 heterocycles. The van der Waals surface area contributed by atoms with Crippen molar-refractivity contribution in [3.8, 4) is 0 Å². The number of likely N-dealkylation sites (tertiary alicyclic amines) is 1. The number of nitrogens with one attached hydrogen (secondary N) is 1. The number of amides is 2. The van der Waals surface area contributed by atoms with E-state index in [0.29, 0.717) is 13.1 Å². The van der Waals surface area contributed by atoms with Gasteiger partial charge in [0.25, 0.3) is 0 Å². The van der Waals surface area contributed by atoms with Crippen LogP contribution >= 0.6 is 0 Å². The number of carbonyl (C=O) groups is 2. The van der Waals surface area contributed by atoms with Crippen molar-refractivity contribution in [3.05, 3.63) is 60.2 Å². The summed E-state index contributed by atoms with van der Waals surface area (Å²) in [4.78, 5) is 27.3. The number of carbonyl (C=O) groups excluding carboxylic acids is 2. The maximum absolute atomic E-state index is 13.4. The summed E-state index contributed by atoms with van der Waals surface area (Å²) in [7, 11) is -2.13. The Balaban J connectivity index is 1.46. The molecule has 176 valence electrons. The molecule has 1 atom stereocenters. The van der Waals surface area contributed by atoms with Gasteiger partial charge < -0.3 is 10.2 Å². The number of anilines is 1. The average molecular weight is 470 g/mol. The number of benzene rings is 2. The zero-order chi connectivity index (χ0) is 23.4. The lowest BCUT2D eigenvalue weighted by molar-refractivity contribution is -0.128. The number of para-hydroxylation sites is 1.